The normalized spacial score (nSPS) is 22.9. The summed E-state index contributed by atoms with van der Waals surface area (Å²) in [5, 5.41) is 4.81. The molecule has 0 saturated heterocycles. The minimum Gasteiger partial charge on any atom is -0.390 e. The minimum absolute atomic E-state index is 0.484. The number of anilines is 1. The number of nitrogens with zero attached hydrogens (tertiary/aromatic N) is 2. The number of hydrogen-bond donors (Lipinski definition) is 1. The smallest absolute Gasteiger partial charge is 0.260 e. The van der Waals surface area contributed by atoms with Crippen LogP contribution in [0.3, 0.4) is 0 Å². The van der Waals surface area contributed by atoms with E-state index in [9.17, 15) is 0 Å². The molecule has 0 aliphatic heterocycles. The van der Waals surface area contributed by atoms with Crippen LogP contribution in [0, 0.1) is 5.92 Å². The van der Waals surface area contributed by atoms with Crippen molar-refractivity contribution >= 4 is 16.3 Å². The van der Waals surface area contributed by atoms with Crippen molar-refractivity contribution in [2.45, 2.75) is 32.6 Å². The Hall–Kier alpha value is -1.36. The fourth-order valence-electron chi connectivity index (χ4n) is 1.98. The van der Waals surface area contributed by atoms with Gasteiger partial charge in [-0.3, -0.25) is 0 Å². The number of thiophene rings is 1. The summed E-state index contributed by atoms with van der Waals surface area (Å²) in [5.41, 5.74) is 6.86. The maximum absolute atomic E-state index is 5.97. The van der Waals surface area contributed by atoms with Crippen molar-refractivity contribution in [3.05, 3.63) is 16.8 Å². The molecule has 0 spiro atoms. The Labute approximate surface area is 104 Å². The van der Waals surface area contributed by atoms with E-state index in [1.807, 2.05) is 6.07 Å². The molecule has 2 N–H and O–H groups in total. The Kier molecular flexibility index (Phi) is 2.43. The average molecular weight is 249 g/mol. The zero-order chi connectivity index (χ0) is 12.0. The molecular weight excluding hydrogens is 234 g/mol. The van der Waals surface area contributed by atoms with Crippen LogP contribution in [0.4, 0.5) is 5.00 Å². The van der Waals surface area contributed by atoms with Crippen molar-refractivity contribution in [3.8, 4) is 11.5 Å². The van der Waals surface area contributed by atoms with Gasteiger partial charge in [0, 0.05) is 10.8 Å². The van der Waals surface area contributed by atoms with Crippen LogP contribution in [0.25, 0.3) is 11.5 Å². The number of aromatic nitrogens is 2. The highest BCUT2D eigenvalue weighted by Crippen LogP contribution is 2.46. The van der Waals surface area contributed by atoms with Gasteiger partial charge in [0.25, 0.3) is 5.89 Å². The van der Waals surface area contributed by atoms with Gasteiger partial charge in [-0.25, -0.2) is 0 Å². The molecule has 1 aliphatic rings. The van der Waals surface area contributed by atoms with Crippen LogP contribution in [0.15, 0.2) is 10.6 Å². The molecule has 2 aromatic heterocycles. The monoisotopic (exact) mass is 249 g/mol. The molecule has 5 heteroatoms. The lowest BCUT2D eigenvalue weighted by Crippen LogP contribution is -1.86. The molecule has 1 saturated carbocycles. The predicted octanol–water partition coefficient (Wildman–Crippen LogP) is 3.07. The standard InChI is InChI=1S/C12H15N3OS/c1-3-7-5-9(10(13)17-7)12-14-11(15-16-12)8-4-6(8)2/h5-6,8H,3-4,13H2,1-2H3. The first-order valence-electron chi connectivity index (χ1n) is 5.91. The van der Waals surface area contributed by atoms with Gasteiger partial charge in [0.15, 0.2) is 5.82 Å². The molecule has 0 bridgehead atoms. The van der Waals surface area contributed by atoms with Crippen molar-refractivity contribution in [2.24, 2.45) is 5.92 Å². The topological polar surface area (TPSA) is 64.9 Å². The van der Waals surface area contributed by atoms with Crippen LogP contribution in [-0.4, -0.2) is 10.1 Å². The summed E-state index contributed by atoms with van der Waals surface area (Å²) in [6, 6.07) is 2.05. The van der Waals surface area contributed by atoms with Crippen LogP contribution in [0.1, 0.15) is 36.9 Å². The van der Waals surface area contributed by atoms with Crippen LogP contribution in [0.5, 0.6) is 0 Å². The number of nitrogens with two attached hydrogens (primary N) is 1. The van der Waals surface area contributed by atoms with Gasteiger partial charge >= 0.3 is 0 Å². The first kappa shape index (κ1) is 10.8. The van der Waals surface area contributed by atoms with Gasteiger partial charge in [0.2, 0.25) is 0 Å². The zero-order valence-corrected chi connectivity index (χ0v) is 10.8. The number of rotatable bonds is 3. The maximum Gasteiger partial charge on any atom is 0.260 e. The van der Waals surface area contributed by atoms with E-state index in [1.165, 1.54) is 4.88 Å². The summed E-state index contributed by atoms with van der Waals surface area (Å²) < 4.78 is 5.30. The molecular formula is C12H15N3OS. The summed E-state index contributed by atoms with van der Waals surface area (Å²) >= 11 is 1.59. The van der Waals surface area contributed by atoms with Crippen molar-refractivity contribution in [1.82, 2.24) is 10.1 Å². The quantitative estimate of drug-likeness (QED) is 0.908. The summed E-state index contributed by atoms with van der Waals surface area (Å²) in [6.45, 7) is 4.31. The van der Waals surface area contributed by atoms with E-state index in [4.69, 9.17) is 10.3 Å². The van der Waals surface area contributed by atoms with Crippen molar-refractivity contribution in [1.29, 1.82) is 0 Å². The van der Waals surface area contributed by atoms with Crippen LogP contribution >= 0.6 is 11.3 Å². The summed E-state index contributed by atoms with van der Waals surface area (Å²) in [7, 11) is 0. The Morgan fingerprint density at radius 1 is 1.59 bits per heavy atom. The van der Waals surface area contributed by atoms with Crippen LogP contribution < -0.4 is 5.73 Å². The molecule has 2 atom stereocenters. The molecule has 2 aromatic rings. The molecule has 2 heterocycles. The molecule has 0 amide bonds. The van der Waals surface area contributed by atoms with Gasteiger partial charge in [-0.05, 0) is 24.8 Å². The van der Waals surface area contributed by atoms with E-state index < -0.39 is 0 Å². The Morgan fingerprint density at radius 2 is 2.35 bits per heavy atom. The first-order chi connectivity index (χ1) is 8.19. The second kappa shape index (κ2) is 3.84. The van der Waals surface area contributed by atoms with Gasteiger partial charge in [-0.15, -0.1) is 11.3 Å². The zero-order valence-electron chi connectivity index (χ0n) is 9.93. The van der Waals surface area contributed by atoms with Crippen molar-refractivity contribution in [3.63, 3.8) is 0 Å². The Balaban J connectivity index is 1.92. The third kappa shape index (κ3) is 1.84. The number of aryl methyl sites for hydroxylation is 1. The number of nitrogen functional groups attached to an aromatic ring is 1. The number of hydrogen-bond acceptors (Lipinski definition) is 5. The SMILES string of the molecule is CCc1cc(-c2nc(C3CC3C)no2)c(N)s1. The van der Waals surface area contributed by atoms with Crippen molar-refractivity contribution < 1.29 is 4.52 Å². The molecule has 3 rings (SSSR count). The minimum atomic E-state index is 0.484. The third-order valence-corrected chi connectivity index (χ3v) is 4.38. The lowest BCUT2D eigenvalue weighted by atomic mass is 10.2. The van der Waals surface area contributed by atoms with Gasteiger partial charge in [-0.1, -0.05) is 19.0 Å². The summed E-state index contributed by atoms with van der Waals surface area (Å²) in [6.07, 6.45) is 2.15. The van der Waals surface area contributed by atoms with Crippen LogP contribution in [0.2, 0.25) is 0 Å². The highest BCUT2D eigenvalue weighted by molar-refractivity contribution is 7.16. The van der Waals surface area contributed by atoms with Crippen molar-refractivity contribution in [2.75, 3.05) is 5.73 Å². The maximum atomic E-state index is 5.97. The first-order valence-corrected chi connectivity index (χ1v) is 6.72. The predicted molar refractivity (Wildman–Crippen MR) is 67.9 cm³/mol. The average Bonchev–Trinajstić information content (AvgIpc) is 2.78. The van der Waals surface area contributed by atoms with Gasteiger partial charge in [-0.2, -0.15) is 4.98 Å². The van der Waals surface area contributed by atoms with E-state index in [0.29, 0.717) is 17.7 Å². The highest BCUT2D eigenvalue weighted by Gasteiger charge is 2.38. The fourth-order valence-corrected chi connectivity index (χ4v) is 2.84. The van der Waals surface area contributed by atoms with E-state index >= 15 is 0 Å². The largest absolute Gasteiger partial charge is 0.390 e. The molecule has 2 unspecified atom stereocenters. The lowest BCUT2D eigenvalue weighted by molar-refractivity contribution is 0.422. The Bertz CT molecular complexity index is 546. The highest BCUT2D eigenvalue weighted by atomic mass is 32.1. The van der Waals surface area contributed by atoms with Gasteiger partial charge in [0.1, 0.15) is 0 Å². The lowest BCUT2D eigenvalue weighted by Gasteiger charge is -1.89. The molecule has 1 aliphatic carbocycles. The molecule has 1 fully saturated rings. The summed E-state index contributed by atoms with van der Waals surface area (Å²) in [5.74, 6) is 2.56. The molecule has 0 aromatic carbocycles. The van der Waals surface area contributed by atoms with E-state index in [2.05, 4.69) is 24.0 Å². The molecule has 90 valence electrons. The van der Waals surface area contributed by atoms with E-state index in [-0.39, 0.29) is 0 Å². The summed E-state index contributed by atoms with van der Waals surface area (Å²) in [4.78, 5) is 5.70. The van der Waals surface area contributed by atoms with Gasteiger partial charge < -0.3 is 10.3 Å². The van der Waals surface area contributed by atoms with Crippen LogP contribution in [-0.2, 0) is 6.42 Å². The molecule has 17 heavy (non-hydrogen) atoms. The molecule has 0 radical (unpaired) electrons. The molecule has 4 nitrogen and oxygen atoms in total. The second-order valence-electron chi connectivity index (χ2n) is 4.62. The van der Waals surface area contributed by atoms with E-state index in [0.717, 1.165) is 29.2 Å². The third-order valence-electron chi connectivity index (χ3n) is 3.27. The fraction of sp³-hybridized carbons (Fsp3) is 0.500. The Morgan fingerprint density at radius 3 is 2.94 bits per heavy atom. The second-order valence-corrected chi connectivity index (χ2v) is 5.79. The van der Waals surface area contributed by atoms with Gasteiger partial charge in [0.05, 0.1) is 10.6 Å². The van der Waals surface area contributed by atoms with E-state index in [1.54, 1.807) is 11.3 Å².